The van der Waals surface area contributed by atoms with Crippen molar-refractivity contribution < 1.29 is 14.6 Å². The molecule has 3 atom stereocenters. The number of fused-ring (bicyclic) bond motifs is 2. The van der Waals surface area contributed by atoms with Crippen LogP contribution in [-0.4, -0.2) is 60.4 Å². The lowest BCUT2D eigenvalue weighted by molar-refractivity contribution is -0.162. The van der Waals surface area contributed by atoms with Gasteiger partial charge in [-0.25, -0.2) is 4.79 Å². The molecule has 5 heteroatoms. The van der Waals surface area contributed by atoms with Crippen molar-refractivity contribution in [1.82, 2.24) is 10.2 Å². The number of hydrogen-bond donors (Lipinski definition) is 2. The van der Waals surface area contributed by atoms with Gasteiger partial charge in [0.1, 0.15) is 0 Å². The summed E-state index contributed by atoms with van der Waals surface area (Å²) in [5.41, 5.74) is -1.40. The lowest BCUT2D eigenvalue weighted by atomic mass is 10.0. The number of nitrogens with one attached hydrogen (secondary N) is 1. The van der Waals surface area contributed by atoms with Crippen LogP contribution >= 0.6 is 0 Å². The van der Waals surface area contributed by atoms with Crippen molar-refractivity contribution in [2.45, 2.75) is 43.9 Å². The van der Waals surface area contributed by atoms with Gasteiger partial charge in [0.25, 0.3) is 0 Å². The molecule has 0 saturated carbocycles. The fourth-order valence-electron chi connectivity index (χ4n) is 2.88. The van der Waals surface area contributed by atoms with Gasteiger partial charge in [-0.05, 0) is 32.7 Å². The zero-order chi connectivity index (χ0) is 12.5. The van der Waals surface area contributed by atoms with Crippen molar-refractivity contribution in [3.05, 3.63) is 0 Å². The first-order valence-electron chi connectivity index (χ1n) is 6.30. The van der Waals surface area contributed by atoms with E-state index in [4.69, 9.17) is 0 Å². The van der Waals surface area contributed by atoms with Crippen LogP contribution in [0.15, 0.2) is 0 Å². The summed E-state index contributed by atoms with van der Waals surface area (Å²) in [5, 5.41) is 13.6. The van der Waals surface area contributed by atoms with E-state index in [1.54, 1.807) is 0 Å². The summed E-state index contributed by atoms with van der Waals surface area (Å²) in [4.78, 5) is 13.6. The maximum atomic E-state index is 11.4. The van der Waals surface area contributed by atoms with Crippen molar-refractivity contribution in [3.8, 4) is 0 Å². The van der Waals surface area contributed by atoms with Crippen LogP contribution in [0.5, 0.6) is 0 Å². The average molecular weight is 242 g/mol. The number of hydrogen-bond acceptors (Lipinski definition) is 5. The van der Waals surface area contributed by atoms with E-state index in [9.17, 15) is 9.90 Å². The van der Waals surface area contributed by atoms with E-state index < -0.39 is 11.6 Å². The van der Waals surface area contributed by atoms with E-state index in [-0.39, 0.29) is 0 Å². The summed E-state index contributed by atoms with van der Waals surface area (Å²) < 4.78 is 4.62. The Kier molecular flexibility index (Phi) is 3.70. The quantitative estimate of drug-likeness (QED) is 0.668. The number of likely N-dealkylation sites (tertiary alicyclic amines) is 1. The number of methoxy groups -OCH3 is 1. The van der Waals surface area contributed by atoms with Gasteiger partial charge in [0, 0.05) is 25.2 Å². The highest BCUT2D eigenvalue weighted by Crippen LogP contribution is 2.21. The molecule has 0 aliphatic carbocycles. The Morgan fingerprint density at radius 1 is 1.47 bits per heavy atom. The zero-order valence-corrected chi connectivity index (χ0v) is 10.6. The van der Waals surface area contributed by atoms with Crippen molar-refractivity contribution in [2.24, 2.45) is 0 Å². The maximum Gasteiger partial charge on any atom is 0.338 e. The van der Waals surface area contributed by atoms with E-state index in [0.717, 1.165) is 19.5 Å². The van der Waals surface area contributed by atoms with Crippen LogP contribution in [0.25, 0.3) is 0 Å². The van der Waals surface area contributed by atoms with Crippen LogP contribution in [0, 0.1) is 0 Å². The molecular weight excluding hydrogens is 220 g/mol. The molecule has 0 aromatic rings. The minimum absolute atomic E-state index is 0.352. The number of β-amino-alcohol motifs (C(OH)–C–C–N with tert-alkyl or cyclic N) is 1. The molecule has 2 aliphatic heterocycles. The topological polar surface area (TPSA) is 61.8 Å². The highest BCUT2D eigenvalue weighted by molar-refractivity contribution is 5.78. The largest absolute Gasteiger partial charge is 0.467 e. The lowest BCUT2D eigenvalue weighted by Gasteiger charge is -2.30. The number of carbonyl (C=O) groups excluding carboxylic acids is 1. The molecule has 2 bridgehead atoms. The normalized spacial score (nSPS) is 32.9. The molecule has 0 radical (unpaired) electrons. The Balaban J connectivity index is 1.92. The molecule has 2 heterocycles. The third kappa shape index (κ3) is 2.97. The van der Waals surface area contributed by atoms with Crippen LogP contribution in [0.1, 0.15) is 26.2 Å². The van der Waals surface area contributed by atoms with Crippen LogP contribution < -0.4 is 5.32 Å². The van der Waals surface area contributed by atoms with E-state index in [1.807, 2.05) is 0 Å². The smallest absolute Gasteiger partial charge is 0.338 e. The molecule has 0 spiro atoms. The predicted molar refractivity (Wildman–Crippen MR) is 63.6 cm³/mol. The lowest BCUT2D eigenvalue weighted by Crippen LogP contribution is -2.49. The van der Waals surface area contributed by atoms with Crippen molar-refractivity contribution in [2.75, 3.05) is 26.7 Å². The van der Waals surface area contributed by atoms with Crippen LogP contribution in [0.4, 0.5) is 0 Å². The molecule has 98 valence electrons. The summed E-state index contributed by atoms with van der Waals surface area (Å²) in [6.07, 6.45) is 3.54. The summed E-state index contributed by atoms with van der Waals surface area (Å²) in [6, 6.07) is 1.13. The number of ether oxygens (including phenoxy) is 1. The molecule has 2 rings (SSSR count). The molecule has 17 heavy (non-hydrogen) atoms. The minimum Gasteiger partial charge on any atom is -0.467 e. The third-order valence-corrected chi connectivity index (χ3v) is 3.76. The first-order valence-corrected chi connectivity index (χ1v) is 6.30. The summed E-state index contributed by atoms with van der Waals surface area (Å²) in [5.74, 6) is -0.556. The molecule has 2 fully saturated rings. The highest BCUT2D eigenvalue weighted by atomic mass is 16.5. The van der Waals surface area contributed by atoms with Crippen LogP contribution in [0.3, 0.4) is 0 Å². The molecule has 2 aliphatic rings. The Labute approximate surface area is 102 Å². The number of carbonyl (C=O) groups is 1. The summed E-state index contributed by atoms with van der Waals surface area (Å²) in [7, 11) is 1.31. The van der Waals surface area contributed by atoms with Gasteiger partial charge in [-0.3, -0.25) is 4.90 Å². The molecular formula is C12H22N2O3. The molecule has 0 aromatic heterocycles. The molecule has 2 saturated heterocycles. The first-order chi connectivity index (χ1) is 8.01. The van der Waals surface area contributed by atoms with Gasteiger partial charge in [0.15, 0.2) is 5.60 Å². The van der Waals surface area contributed by atoms with E-state index >= 15 is 0 Å². The van der Waals surface area contributed by atoms with E-state index in [1.165, 1.54) is 26.9 Å². The van der Waals surface area contributed by atoms with Gasteiger partial charge in [-0.2, -0.15) is 0 Å². The molecule has 0 amide bonds. The second-order valence-corrected chi connectivity index (χ2v) is 5.43. The number of esters is 1. The molecule has 2 N–H and O–H groups in total. The number of aliphatic hydroxyl groups is 1. The predicted octanol–water partition coefficient (Wildman–Crippen LogP) is -0.263. The van der Waals surface area contributed by atoms with Crippen LogP contribution in [0.2, 0.25) is 0 Å². The maximum absolute atomic E-state index is 11.4. The van der Waals surface area contributed by atoms with Gasteiger partial charge in [0.05, 0.1) is 7.11 Å². The molecule has 0 aromatic carbocycles. The van der Waals surface area contributed by atoms with Gasteiger partial charge in [-0.1, -0.05) is 0 Å². The standard InChI is InChI=1S/C12H22N2O3/c1-12(16,11(15)17-2)8-14-6-5-9-3-4-10(7-14)13-9/h9-10,13,16H,3-8H2,1-2H3. The molecule has 3 unspecified atom stereocenters. The Morgan fingerprint density at radius 2 is 2.18 bits per heavy atom. The Bertz CT molecular complexity index is 293. The Morgan fingerprint density at radius 3 is 2.88 bits per heavy atom. The second kappa shape index (κ2) is 4.92. The van der Waals surface area contributed by atoms with Crippen molar-refractivity contribution in [1.29, 1.82) is 0 Å². The molecule has 5 nitrogen and oxygen atoms in total. The van der Waals surface area contributed by atoms with Gasteiger partial charge < -0.3 is 15.2 Å². The fraction of sp³-hybridized carbons (Fsp3) is 0.917. The third-order valence-electron chi connectivity index (χ3n) is 3.76. The van der Waals surface area contributed by atoms with Crippen LogP contribution in [-0.2, 0) is 9.53 Å². The first kappa shape index (κ1) is 12.8. The van der Waals surface area contributed by atoms with Crippen molar-refractivity contribution >= 4 is 5.97 Å². The number of rotatable bonds is 3. The summed E-state index contributed by atoms with van der Waals surface area (Å²) >= 11 is 0. The van der Waals surface area contributed by atoms with Gasteiger partial charge in [-0.15, -0.1) is 0 Å². The van der Waals surface area contributed by atoms with Crippen molar-refractivity contribution in [3.63, 3.8) is 0 Å². The fourth-order valence-corrected chi connectivity index (χ4v) is 2.88. The Hall–Kier alpha value is -0.650. The highest BCUT2D eigenvalue weighted by Gasteiger charge is 2.36. The minimum atomic E-state index is -1.40. The second-order valence-electron chi connectivity index (χ2n) is 5.43. The van der Waals surface area contributed by atoms with E-state index in [0.29, 0.717) is 18.6 Å². The van der Waals surface area contributed by atoms with Gasteiger partial charge >= 0.3 is 5.97 Å². The van der Waals surface area contributed by atoms with Gasteiger partial charge in [0.2, 0.25) is 0 Å². The SMILES string of the molecule is COC(=O)C(C)(O)CN1CCC2CCC(C1)N2. The number of nitrogens with zero attached hydrogens (tertiary/aromatic N) is 1. The van der Waals surface area contributed by atoms with E-state index in [2.05, 4.69) is 15.0 Å². The zero-order valence-electron chi connectivity index (χ0n) is 10.6. The average Bonchev–Trinajstić information content (AvgIpc) is 2.61. The monoisotopic (exact) mass is 242 g/mol. The summed E-state index contributed by atoms with van der Waals surface area (Å²) in [6.45, 7) is 3.71.